The summed E-state index contributed by atoms with van der Waals surface area (Å²) in [5.41, 5.74) is 4.73. The van der Waals surface area contributed by atoms with Crippen LogP contribution in [0.25, 0.3) is 0 Å². The van der Waals surface area contributed by atoms with E-state index in [0.717, 1.165) is 16.9 Å². The Morgan fingerprint density at radius 3 is 2.52 bits per heavy atom. The van der Waals surface area contributed by atoms with Gasteiger partial charge < -0.3 is 9.47 Å². The Kier molecular flexibility index (Phi) is 5.50. The zero-order chi connectivity index (χ0) is 17.0. The fourth-order valence-corrected chi connectivity index (χ4v) is 2.45. The first-order chi connectivity index (χ1) is 10.9. The number of halogens is 1. The minimum absolute atomic E-state index is 0.252. The van der Waals surface area contributed by atoms with E-state index in [2.05, 4.69) is 23.0 Å². The maximum absolute atomic E-state index is 11.4. The largest absolute Gasteiger partial charge is 0.488 e. The quantitative estimate of drug-likeness (QED) is 0.854. The summed E-state index contributed by atoms with van der Waals surface area (Å²) in [6, 6.07) is 9.38. The van der Waals surface area contributed by atoms with E-state index in [1.54, 1.807) is 18.2 Å². The number of hydrogen-bond donors (Lipinski definition) is 1. The average Bonchev–Trinajstić information content (AvgIpc) is 2.51. The van der Waals surface area contributed by atoms with Gasteiger partial charge in [0.05, 0.1) is 12.8 Å². The molecule has 0 spiro atoms. The van der Waals surface area contributed by atoms with Crippen LogP contribution in [0.3, 0.4) is 0 Å². The number of ether oxygens (including phenoxy) is 2. The summed E-state index contributed by atoms with van der Waals surface area (Å²) in [4.78, 5) is 11.4. The van der Waals surface area contributed by atoms with Gasteiger partial charge >= 0.3 is 6.09 Å². The first kappa shape index (κ1) is 17.2. The number of hydrogen-bond acceptors (Lipinski definition) is 3. The summed E-state index contributed by atoms with van der Waals surface area (Å²) < 4.78 is 10.5. The Labute approximate surface area is 141 Å². The van der Waals surface area contributed by atoms with E-state index >= 15 is 0 Å². The number of methoxy groups -OCH3 is 1. The molecule has 1 N–H and O–H groups in total. The van der Waals surface area contributed by atoms with Crippen LogP contribution in [-0.2, 0) is 11.3 Å². The third kappa shape index (κ3) is 4.17. The molecule has 122 valence electrons. The van der Waals surface area contributed by atoms with E-state index in [-0.39, 0.29) is 6.61 Å². The van der Waals surface area contributed by atoms with E-state index in [9.17, 15) is 4.79 Å². The van der Waals surface area contributed by atoms with Crippen LogP contribution in [-0.4, -0.2) is 13.2 Å². The van der Waals surface area contributed by atoms with Gasteiger partial charge in [0.15, 0.2) is 0 Å². The average molecular weight is 334 g/mol. The highest BCUT2D eigenvalue weighted by Crippen LogP contribution is 2.28. The molecule has 2 rings (SSSR count). The molecule has 23 heavy (non-hydrogen) atoms. The summed E-state index contributed by atoms with van der Waals surface area (Å²) >= 11 is 6.25. The van der Waals surface area contributed by atoms with E-state index in [1.807, 2.05) is 19.9 Å². The number of nitrogens with one attached hydrogen (secondary N) is 1. The maximum Gasteiger partial charge on any atom is 0.411 e. The van der Waals surface area contributed by atoms with Crippen molar-refractivity contribution in [3.05, 3.63) is 57.6 Å². The lowest BCUT2D eigenvalue weighted by molar-refractivity contribution is 0.187. The van der Waals surface area contributed by atoms with Crippen molar-refractivity contribution in [2.45, 2.75) is 27.4 Å². The Morgan fingerprint density at radius 1 is 1.13 bits per heavy atom. The van der Waals surface area contributed by atoms with Crippen molar-refractivity contribution in [1.29, 1.82) is 0 Å². The predicted octanol–water partition coefficient (Wildman–Crippen LogP) is 5.02. The molecule has 0 aliphatic rings. The van der Waals surface area contributed by atoms with Crippen LogP contribution in [0.5, 0.6) is 5.75 Å². The van der Waals surface area contributed by atoms with Crippen LogP contribution in [0.4, 0.5) is 10.5 Å². The summed E-state index contributed by atoms with van der Waals surface area (Å²) in [5.74, 6) is 0.803. The smallest absolute Gasteiger partial charge is 0.411 e. The van der Waals surface area contributed by atoms with Crippen molar-refractivity contribution in [3.8, 4) is 5.75 Å². The summed E-state index contributed by atoms with van der Waals surface area (Å²) in [6.07, 6.45) is -0.545. The van der Waals surface area contributed by atoms with Crippen LogP contribution in [0.2, 0.25) is 5.02 Å². The lowest BCUT2D eigenvalue weighted by Crippen LogP contribution is -2.13. The molecule has 0 aliphatic heterocycles. The van der Waals surface area contributed by atoms with Crippen molar-refractivity contribution in [2.75, 3.05) is 12.4 Å². The van der Waals surface area contributed by atoms with Crippen molar-refractivity contribution < 1.29 is 14.3 Å². The molecule has 0 bridgehead atoms. The molecular weight excluding hydrogens is 314 g/mol. The first-order valence-corrected chi connectivity index (χ1v) is 7.63. The molecule has 0 atom stereocenters. The van der Waals surface area contributed by atoms with Gasteiger partial charge in [0, 0.05) is 10.6 Å². The molecule has 1 amide bonds. The molecule has 0 saturated heterocycles. The molecule has 0 aliphatic carbocycles. The van der Waals surface area contributed by atoms with Crippen molar-refractivity contribution >= 4 is 23.4 Å². The molecule has 4 nitrogen and oxygen atoms in total. The number of rotatable bonds is 4. The van der Waals surface area contributed by atoms with Gasteiger partial charge in [-0.2, -0.15) is 0 Å². The van der Waals surface area contributed by atoms with Gasteiger partial charge in [-0.05, 0) is 55.7 Å². The van der Waals surface area contributed by atoms with Gasteiger partial charge in [-0.15, -0.1) is 0 Å². The second-order valence-electron chi connectivity index (χ2n) is 5.37. The SMILES string of the molecule is COC(=O)Nc1cccc(Cl)c1COc1cc(C)c(C)cc1C. The predicted molar refractivity (Wildman–Crippen MR) is 92.5 cm³/mol. The van der Waals surface area contributed by atoms with Gasteiger partial charge in [-0.1, -0.05) is 23.7 Å². The van der Waals surface area contributed by atoms with Crippen LogP contribution in [0, 0.1) is 20.8 Å². The molecule has 0 unspecified atom stereocenters. The molecule has 0 radical (unpaired) electrons. The van der Waals surface area contributed by atoms with Crippen molar-refractivity contribution in [2.24, 2.45) is 0 Å². The fourth-order valence-electron chi connectivity index (χ4n) is 2.22. The van der Waals surface area contributed by atoms with Crippen LogP contribution in [0.15, 0.2) is 30.3 Å². The van der Waals surface area contributed by atoms with Gasteiger partial charge in [0.1, 0.15) is 12.4 Å². The van der Waals surface area contributed by atoms with Crippen molar-refractivity contribution in [1.82, 2.24) is 0 Å². The van der Waals surface area contributed by atoms with Crippen LogP contribution < -0.4 is 10.1 Å². The fraction of sp³-hybridized carbons (Fsp3) is 0.278. The van der Waals surface area contributed by atoms with E-state index in [1.165, 1.54) is 12.7 Å². The van der Waals surface area contributed by atoms with E-state index in [0.29, 0.717) is 16.3 Å². The molecule has 0 aromatic heterocycles. The molecule has 2 aromatic rings. The zero-order valence-electron chi connectivity index (χ0n) is 13.7. The van der Waals surface area contributed by atoms with Crippen molar-refractivity contribution in [3.63, 3.8) is 0 Å². The monoisotopic (exact) mass is 333 g/mol. The number of carbonyl (C=O) groups is 1. The Morgan fingerprint density at radius 2 is 1.83 bits per heavy atom. The Balaban J connectivity index is 2.23. The number of benzene rings is 2. The highest BCUT2D eigenvalue weighted by atomic mass is 35.5. The van der Waals surface area contributed by atoms with Crippen LogP contribution >= 0.6 is 11.6 Å². The Hall–Kier alpha value is -2.20. The van der Waals surface area contributed by atoms with Gasteiger partial charge in [0.25, 0.3) is 0 Å². The van der Waals surface area contributed by atoms with Crippen LogP contribution in [0.1, 0.15) is 22.3 Å². The molecule has 2 aromatic carbocycles. The summed E-state index contributed by atoms with van der Waals surface area (Å²) in [7, 11) is 1.31. The zero-order valence-corrected chi connectivity index (χ0v) is 14.5. The highest BCUT2D eigenvalue weighted by Gasteiger charge is 2.12. The number of amides is 1. The molecule has 0 saturated carbocycles. The van der Waals surface area contributed by atoms with E-state index < -0.39 is 6.09 Å². The maximum atomic E-state index is 11.4. The molecule has 5 heteroatoms. The lowest BCUT2D eigenvalue weighted by Gasteiger charge is -2.15. The van der Waals surface area contributed by atoms with Gasteiger partial charge in [-0.3, -0.25) is 5.32 Å². The summed E-state index contributed by atoms with van der Waals surface area (Å²) in [6.45, 7) is 6.37. The Bertz CT molecular complexity index is 728. The standard InChI is InChI=1S/C18H20ClNO3/c1-11-8-13(3)17(9-12(11)2)23-10-14-15(19)6-5-7-16(14)20-18(21)22-4/h5-9H,10H2,1-4H3,(H,20,21). The second-order valence-corrected chi connectivity index (χ2v) is 5.78. The third-order valence-corrected chi connectivity index (χ3v) is 4.06. The summed E-state index contributed by atoms with van der Waals surface area (Å²) in [5, 5.41) is 3.17. The number of aryl methyl sites for hydroxylation is 3. The highest BCUT2D eigenvalue weighted by molar-refractivity contribution is 6.31. The first-order valence-electron chi connectivity index (χ1n) is 7.25. The van der Waals surface area contributed by atoms with Gasteiger partial charge in [-0.25, -0.2) is 4.79 Å². The minimum atomic E-state index is -0.545. The normalized spacial score (nSPS) is 10.3. The molecule has 0 heterocycles. The molecular formula is C18H20ClNO3. The second kappa shape index (κ2) is 7.38. The third-order valence-electron chi connectivity index (χ3n) is 3.70. The van der Waals surface area contributed by atoms with Gasteiger partial charge in [0.2, 0.25) is 0 Å². The topological polar surface area (TPSA) is 47.6 Å². The molecule has 0 fully saturated rings. The van der Waals surface area contributed by atoms with E-state index in [4.69, 9.17) is 16.3 Å². The number of anilines is 1. The minimum Gasteiger partial charge on any atom is -0.488 e. The lowest BCUT2D eigenvalue weighted by atomic mass is 10.1. The number of carbonyl (C=O) groups excluding carboxylic acids is 1.